The highest BCUT2D eigenvalue weighted by molar-refractivity contribution is 14.1. The Kier molecular flexibility index (Phi) is 5.42. The zero-order valence-electron chi connectivity index (χ0n) is 11.7. The van der Waals surface area contributed by atoms with E-state index in [1.54, 1.807) is 0 Å². The Morgan fingerprint density at radius 2 is 2.00 bits per heavy atom. The van der Waals surface area contributed by atoms with Gasteiger partial charge in [0.05, 0.1) is 8.93 Å². The third kappa shape index (κ3) is 3.38. The summed E-state index contributed by atoms with van der Waals surface area (Å²) in [5.41, 5.74) is 5.66. The van der Waals surface area contributed by atoms with Gasteiger partial charge in [-0.1, -0.05) is 32.0 Å². The summed E-state index contributed by atoms with van der Waals surface area (Å²) in [6.07, 6.45) is 2.17. The molecule has 1 heterocycles. The van der Waals surface area contributed by atoms with Crippen molar-refractivity contribution in [1.82, 2.24) is 5.32 Å². The Hall–Kier alpha value is -0.390. The summed E-state index contributed by atoms with van der Waals surface area (Å²) >= 11 is 4.21. The van der Waals surface area contributed by atoms with E-state index in [4.69, 9.17) is 0 Å². The van der Waals surface area contributed by atoms with Gasteiger partial charge in [0.15, 0.2) is 0 Å². The largest absolute Gasteiger partial charge is 0.309 e. The van der Waals surface area contributed by atoms with E-state index in [1.807, 2.05) is 18.4 Å². The number of rotatable bonds is 5. The molecule has 0 saturated carbocycles. The normalized spacial score (nSPS) is 12.6. The fourth-order valence-electron chi connectivity index (χ4n) is 2.43. The zero-order chi connectivity index (χ0) is 13.8. The summed E-state index contributed by atoms with van der Waals surface area (Å²) in [6.45, 7) is 4.45. The molecule has 1 aromatic carbocycles. The molecule has 0 radical (unpaired) electrons. The molecule has 0 spiro atoms. The van der Waals surface area contributed by atoms with Crippen LogP contribution in [-0.2, 0) is 12.8 Å². The molecule has 102 valence electrons. The fraction of sp³-hybridized carbons (Fsp3) is 0.375. The molecule has 2 aromatic rings. The number of hydrogen-bond donors (Lipinski definition) is 1. The molecule has 0 amide bonds. The Morgan fingerprint density at radius 1 is 1.21 bits per heavy atom. The number of halogens is 1. The molecule has 1 nitrogen and oxygen atoms in total. The third-order valence-electron chi connectivity index (χ3n) is 3.52. The quantitative estimate of drug-likeness (QED) is 0.730. The minimum Gasteiger partial charge on any atom is -0.309 e. The van der Waals surface area contributed by atoms with Gasteiger partial charge in [-0.2, -0.15) is 0 Å². The summed E-state index contributed by atoms with van der Waals surface area (Å²) in [6, 6.07) is 9.50. The van der Waals surface area contributed by atoms with E-state index in [1.165, 1.54) is 25.1 Å². The molecular weight excluding hydrogens is 365 g/mol. The molecule has 0 aliphatic heterocycles. The van der Waals surface area contributed by atoms with E-state index in [-0.39, 0.29) is 0 Å². The van der Waals surface area contributed by atoms with Crippen molar-refractivity contribution in [2.24, 2.45) is 0 Å². The molecule has 0 saturated heterocycles. The molecule has 0 aliphatic carbocycles. The standard InChI is InChI=1S/C16H20INS/c1-4-11-6-7-12(5-2)14(8-11)16(18-3)13-9-15(17)19-10-13/h6-10,16,18H,4-5H2,1-3H3. The number of nitrogens with one attached hydrogen (secondary N) is 1. The first-order valence-electron chi connectivity index (χ1n) is 6.72. The summed E-state index contributed by atoms with van der Waals surface area (Å²) in [7, 11) is 2.05. The Balaban J connectivity index is 2.47. The zero-order valence-corrected chi connectivity index (χ0v) is 14.6. The molecule has 3 heteroatoms. The number of aryl methyl sites for hydroxylation is 2. The van der Waals surface area contributed by atoms with Gasteiger partial charge in [0.1, 0.15) is 0 Å². The molecule has 1 atom stereocenters. The van der Waals surface area contributed by atoms with Crippen LogP contribution >= 0.6 is 33.9 Å². The van der Waals surface area contributed by atoms with Crippen molar-refractivity contribution in [1.29, 1.82) is 0 Å². The van der Waals surface area contributed by atoms with Gasteiger partial charge in [-0.25, -0.2) is 0 Å². The molecule has 1 N–H and O–H groups in total. The number of hydrogen-bond acceptors (Lipinski definition) is 2. The van der Waals surface area contributed by atoms with Crippen LogP contribution in [0.15, 0.2) is 29.6 Å². The summed E-state index contributed by atoms with van der Waals surface area (Å²) in [4.78, 5) is 0. The maximum absolute atomic E-state index is 3.48. The van der Waals surface area contributed by atoms with E-state index in [0.717, 1.165) is 12.8 Å². The van der Waals surface area contributed by atoms with Crippen LogP contribution in [0.25, 0.3) is 0 Å². The molecule has 0 bridgehead atoms. The first kappa shape index (κ1) is 15.0. The van der Waals surface area contributed by atoms with Crippen molar-refractivity contribution in [3.05, 3.63) is 54.8 Å². The molecule has 1 aromatic heterocycles. The van der Waals surface area contributed by atoms with Crippen LogP contribution in [0.2, 0.25) is 0 Å². The topological polar surface area (TPSA) is 12.0 Å². The average molecular weight is 385 g/mol. The summed E-state index contributed by atoms with van der Waals surface area (Å²) < 4.78 is 1.34. The highest BCUT2D eigenvalue weighted by Crippen LogP contribution is 2.30. The summed E-state index contributed by atoms with van der Waals surface area (Å²) in [5, 5.41) is 5.74. The first-order valence-corrected chi connectivity index (χ1v) is 8.68. The monoisotopic (exact) mass is 385 g/mol. The Labute approximate surface area is 133 Å². The smallest absolute Gasteiger partial charge is 0.0656 e. The van der Waals surface area contributed by atoms with Crippen molar-refractivity contribution in [3.63, 3.8) is 0 Å². The van der Waals surface area contributed by atoms with Crippen molar-refractivity contribution in [2.75, 3.05) is 7.05 Å². The Bertz CT molecular complexity index is 547. The minimum atomic E-state index is 0.307. The van der Waals surface area contributed by atoms with Gasteiger partial charge in [0.2, 0.25) is 0 Å². The Morgan fingerprint density at radius 3 is 2.53 bits per heavy atom. The molecule has 2 rings (SSSR count). The van der Waals surface area contributed by atoms with Crippen molar-refractivity contribution in [3.8, 4) is 0 Å². The second-order valence-corrected chi connectivity index (χ2v) is 7.45. The van der Waals surface area contributed by atoms with Gasteiger partial charge < -0.3 is 5.32 Å². The second kappa shape index (κ2) is 6.86. The van der Waals surface area contributed by atoms with Gasteiger partial charge in [-0.05, 0) is 76.2 Å². The third-order valence-corrected chi connectivity index (χ3v) is 5.33. The van der Waals surface area contributed by atoms with Crippen LogP contribution < -0.4 is 5.32 Å². The van der Waals surface area contributed by atoms with E-state index in [9.17, 15) is 0 Å². The van der Waals surface area contributed by atoms with Gasteiger partial charge in [0.25, 0.3) is 0 Å². The van der Waals surface area contributed by atoms with E-state index in [0.29, 0.717) is 6.04 Å². The fourth-order valence-corrected chi connectivity index (χ4v) is 3.83. The maximum atomic E-state index is 3.48. The summed E-state index contributed by atoms with van der Waals surface area (Å²) in [5.74, 6) is 0. The molecule has 19 heavy (non-hydrogen) atoms. The van der Waals surface area contributed by atoms with E-state index in [2.05, 4.69) is 71.4 Å². The van der Waals surface area contributed by atoms with E-state index < -0.39 is 0 Å². The minimum absolute atomic E-state index is 0.307. The number of benzene rings is 1. The highest BCUT2D eigenvalue weighted by atomic mass is 127. The molecular formula is C16H20INS. The maximum Gasteiger partial charge on any atom is 0.0656 e. The van der Waals surface area contributed by atoms with E-state index >= 15 is 0 Å². The first-order chi connectivity index (χ1) is 9.19. The van der Waals surface area contributed by atoms with Crippen LogP contribution in [0.1, 0.15) is 42.1 Å². The van der Waals surface area contributed by atoms with Crippen LogP contribution in [0.5, 0.6) is 0 Å². The van der Waals surface area contributed by atoms with Crippen molar-refractivity contribution < 1.29 is 0 Å². The lowest BCUT2D eigenvalue weighted by atomic mass is 9.92. The second-order valence-electron chi connectivity index (χ2n) is 4.65. The van der Waals surface area contributed by atoms with Gasteiger partial charge in [-0.3, -0.25) is 0 Å². The predicted octanol–water partition coefficient (Wildman–Crippen LogP) is 4.79. The average Bonchev–Trinajstić information content (AvgIpc) is 2.86. The van der Waals surface area contributed by atoms with Crippen LogP contribution in [-0.4, -0.2) is 7.05 Å². The van der Waals surface area contributed by atoms with Gasteiger partial charge in [-0.15, -0.1) is 11.3 Å². The van der Waals surface area contributed by atoms with Crippen LogP contribution in [0.4, 0.5) is 0 Å². The number of thiophene rings is 1. The van der Waals surface area contributed by atoms with Crippen LogP contribution in [0, 0.1) is 2.88 Å². The van der Waals surface area contributed by atoms with Crippen LogP contribution in [0.3, 0.4) is 0 Å². The predicted molar refractivity (Wildman–Crippen MR) is 93.1 cm³/mol. The highest BCUT2D eigenvalue weighted by Gasteiger charge is 2.16. The lowest BCUT2D eigenvalue weighted by molar-refractivity contribution is 0.685. The van der Waals surface area contributed by atoms with Crippen molar-refractivity contribution in [2.45, 2.75) is 32.7 Å². The molecule has 0 fully saturated rings. The lowest BCUT2D eigenvalue weighted by Gasteiger charge is -2.20. The lowest BCUT2D eigenvalue weighted by Crippen LogP contribution is -2.19. The van der Waals surface area contributed by atoms with Gasteiger partial charge >= 0.3 is 0 Å². The molecule has 0 aliphatic rings. The molecule has 1 unspecified atom stereocenters. The van der Waals surface area contributed by atoms with Crippen molar-refractivity contribution >= 4 is 33.9 Å². The SMILES string of the molecule is CCc1ccc(CC)c(C(NC)c2csc(I)c2)c1. The van der Waals surface area contributed by atoms with Gasteiger partial charge in [0, 0.05) is 0 Å².